The molecule has 2 heterocycles. The van der Waals surface area contributed by atoms with Crippen molar-refractivity contribution in [3.8, 4) is 0 Å². The van der Waals surface area contributed by atoms with E-state index in [4.69, 9.17) is 11.2 Å². The van der Waals surface area contributed by atoms with E-state index in [-0.39, 0.29) is 0 Å². The maximum absolute atomic E-state index is 6.76. The monoisotopic (exact) mass is 262 g/mol. The summed E-state index contributed by atoms with van der Waals surface area (Å²) in [4.78, 5) is 0. The highest BCUT2D eigenvalue weighted by molar-refractivity contribution is 7.80. The first-order valence-corrected chi connectivity index (χ1v) is 8.92. The SMILES string of the molecule is CC[C@@H]1CCCN1P(Cl)N1CCC[C@H]1CC. The lowest BCUT2D eigenvalue weighted by atomic mass is 10.2. The summed E-state index contributed by atoms with van der Waals surface area (Å²) in [5.41, 5.74) is 0. The molecule has 0 radical (unpaired) electrons. The Kier molecular flexibility index (Phi) is 4.90. The number of rotatable bonds is 4. The van der Waals surface area contributed by atoms with Crippen molar-refractivity contribution >= 4 is 18.8 Å². The molecule has 2 aliphatic heterocycles. The molecule has 0 unspecified atom stereocenters. The van der Waals surface area contributed by atoms with Crippen LogP contribution in [0.1, 0.15) is 52.4 Å². The third-order valence-corrected chi connectivity index (χ3v) is 7.12. The Labute approximate surface area is 106 Å². The average molecular weight is 263 g/mol. The van der Waals surface area contributed by atoms with Crippen molar-refractivity contribution in [3.63, 3.8) is 0 Å². The average Bonchev–Trinajstić information content (AvgIpc) is 2.96. The maximum atomic E-state index is 6.76. The molecule has 0 bridgehead atoms. The van der Waals surface area contributed by atoms with Crippen molar-refractivity contribution in [1.82, 2.24) is 9.34 Å². The Balaban J connectivity index is 1.97. The molecule has 2 aliphatic rings. The summed E-state index contributed by atoms with van der Waals surface area (Å²) in [6.45, 7) is 7.04. The van der Waals surface area contributed by atoms with E-state index in [2.05, 4.69) is 23.2 Å². The summed E-state index contributed by atoms with van der Waals surface area (Å²) in [5, 5.41) is 0. The van der Waals surface area contributed by atoms with Crippen LogP contribution < -0.4 is 0 Å². The van der Waals surface area contributed by atoms with Gasteiger partial charge < -0.3 is 0 Å². The first kappa shape index (κ1) is 13.1. The van der Waals surface area contributed by atoms with Gasteiger partial charge in [0.05, 0.1) is 0 Å². The number of hydrogen-bond acceptors (Lipinski definition) is 2. The molecule has 94 valence electrons. The molecular weight excluding hydrogens is 239 g/mol. The van der Waals surface area contributed by atoms with E-state index in [1.807, 2.05) is 0 Å². The highest BCUT2D eigenvalue weighted by Crippen LogP contribution is 2.56. The minimum Gasteiger partial charge on any atom is -0.254 e. The molecule has 0 amide bonds. The van der Waals surface area contributed by atoms with Crippen LogP contribution in [0, 0.1) is 0 Å². The fourth-order valence-electron chi connectivity index (χ4n) is 3.05. The van der Waals surface area contributed by atoms with Crippen molar-refractivity contribution in [2.24, 2.45) is 0 Å². The third kappa shape index (κ3) is 2.56. The van der Waals surface area contributed by atoms with Crippen LogP contribution in [0.15, 0.2) is 0 Å². The zero-order valence-electron chi connectivity index (χ0n) is 10.5. The van der Waals surface area contributed by atoms with Gasteiger partial charge >= 0.3 is 0 Å². The van der Waals surface area contributed by atoms with E-state index in [1.54, 1.807) is 0 Å². The second-order valence-corrected chi connectivity index (χ2v) is 7.39. The van der Waals surface area contributed by atoms with Crippen LogP contribution >= 0.6 is 18.8 Å². The van der Waals surface area contributed by atoms with Crippen LogP contribution in [-0.4, -0.2) is 34.5 Å². The second kappa shape index (κ2) is 6.00. The number of hydrogen-bond donors (Lipinski definition) is 0. The van der Waals surface area contributed by atoms with Gasteiger partial charge in [-0.15, -0.1) is 0 Å². The summed E-state index contributed by atoms with van der Waals surface area (Å²) in [7, 11) is -0.534. The smallest absolute Gasteiger partial charge is 0.140 e. The van der Waals surface area contributed by atoms with Gasteiger partial charge in [-0.2, -0.15) is 0 Å². The highest BCUT2D eigenvalue weighted by Gasteiger charge is 2.36. The van der Waals surface area contributed by atoms with Crippen LogP contribution in [0.5, 0.6) is 0 Å². The molecule has 2 rings (SSSR count). The van der Waals surface area contributed by atoms with Crippen LogP contribution in [0.2, 0.25) is 0 Å². The molecule has 0 N–H and O–H groups in total. The molecule has 0 saturated carbocycles. The fourth-order valence-corrected chi connectivity index (χ4v) is 6.25. The van der Waals surface area contributed by atoms with Gasteiger partial charge in [0, 0.05) is 25.2 Å². The zero-order valence-corrected chi connectivity index (χ0v) is 12.2. The van der Waals surface area contributed by atoms with Gasteiger partial charge in [0.25, 0.3) is 0 Å². The molecule has 2 nitrogen and oxygen atoms in total. The quantitative estimate of drug-likeness (QED) is 0.701. The molecule has 16 heavy (non-hydrogen) atoms. The third-order valence-electron chi connectivity index (χ3n) is 4.06. The fraction of sp³-hybridized carbons (Fsp3) is 1.00. The van der Waals surface area contributed by atoms with Gasteiger partial charge in [0.15, 0.2) is 0 Å². The molecule has 0 aliphatic carbocycles. The molecular formula is C12H24ClN2P. The van der Waals surface area contributed by atoms with Gasteiger partial charge in [-0.25, -0.2) is 0 Å². The van der Waals surface area contributed by atoms with E-state index >= 15 is 0 Å². The van der Waals surface area contributed by atoms with E-state index in [0.29, 0.717) is 0 Å². The summed E-state index contributed by atoms with van der Waals surface area (Å²) in [6.07, 6.45) is 7.91. The van der Waals surface area contributed by atoms with Gasteiger partial charge in [-0.05, 0) is 38.5 Å². The minimum absolute atomic E-state index is 0.534. The van der Waals surface area contributed by atoms with E-state index in [1.165, 1.54) is 51.6 Å². The van der Waals surface area contributed by atoms with Gasteiger partial charge in [0.2, 0.25) is 0 Å². The summed E-state index contributed by atoms with van der Waals surface area (Å²) in [5.74, 6) is 0. The van der Waals surface area contributed by atoms with Crippen molar-refractivity contribution in [2.75, 3.05) is 13.1 Å². The van der Waals surface area contributed by atoms with Gasteiger partial charge in [0.1, 0.15) is 7.58 Å². The lowest BCUT2D eigenvalue weighted by Gasteiger charge is -2.36. The first-order chi connectivity index (χ1) is 7.77. The molecule has 0 spiro atoms. The highest BCUT2D eigenvalue weighted by atomic mass is 35.7. The van der Waals surface area contributed by atoms with Crippen molar-refractivity contribution in [2.45, 2.75) is 64.5 Å². The van der Waals surface area contributed by atoms with Crippen LogP contribution in [0.4, 0.5) is 0 Å². The molecule has 0 aromatic rings. The number of halogens is 1. The van der Waals surface area contributed by atoms with Crippen molar-refractivity contribution in [1.29, 1.82) is 0 Å². The Morgan fingerprint density at radius 2 is 1.44 bits per heavy atom. The van der Waals surface area contributed by atoms with Crippen molar-refractivity contribution in [3.05, 3.63) is 0 Å². The largest absolute Gasteiger partial charge is 0.254 e. The van der Waals surface area contributed by atoms with Gasteiger partial charge in [-0.1, -0.05) is 25.1 Å². The number of nitrogens with zero attached hydrogens (tertiary/aromatic N) is 2. The zero-order chi connectivity index (χ0) is 11.5. The Hall–Kier alpha value is 0.640. The van der Waals surface area contributed by atoms with E-state index < -0.39 is 7.58 Å². The summed E-state index contributed by atoms with van der Waals surface area (Å²) in [6, 6.07) is 1.50. The summed E-state index contributed by atoms with van der Waals surface area (Å²) < 4.78 is 5.18. The van der Waals surface area contributed by atoms with Crippen LogP contribution in [-0.2, 0) is 0 Å². The topological polar surface area (TPSA) is 6.48 Å². The maximum Gasteiger partial charge on any atom is 0.140 e. The van der Waals surface area contributed by atoms with Gasteiger partial charge in [-0.3, -0.25) is 9.34 Å². The Bertz CT molecular complexity index is 205. The molecule has 2 saturated heterocycles. The molecule has 0 aromatic heterocycles. The lowest BCUT2D eigenvalue weighted by molar-refractivity contribution is 0.351. The predicted molar refractivity (Wildman–Crippen MR) is 72.8 cm³/mol. The van der Waals surface area contributed by atoms with E-state index in [9.17, 15) is 0 Å². The normalized spacial score (nSPS) is 33.0. The Morgan fingerprint density at radius 1 is 1.00 bits per heavy atom. The molecule has 2 fully saturated rings. The Morgan fingerprint density at radius 3 is 1.81 bits per heavy atom. The van der Waals surface area contributed by atoms with Crippen molar-refractivity contribution < 1.29 is 0 Å². The second-order valence-electron chi connectivity index (χ2n) is 4.98. The van der Waals surface area contributed by atoms with Crippen LogP contribution in [0.3, 0.4) is 0 Å². The first-order valence-electron chi connectivity index (χ1n) is 6.77. The standard InChI is InChI=1S/C12H24ClN2P/c1-3-11-7-5-9-14(11)16(13)15-10-6-8-12(15)4-2/h11-12H,3-10H2,1-2H3/t11-,12-/m1/s1. The minimum atomic E-state index is -0.534. The molecule has 0 aromatic carbocycles. The molecule has 2 atom stereocenters. The van der Waals surface area contributed by atoms with E-state index in [0.717, 1.165) is 12.1 Å². The summed E-state index contributed by atoms with van der Waals surface area (Å²) >= 11 is 6.76. The predicted octanol–water partition coefficient (Wildman–Crippen LogP) is 4.20. The van der Waals surface area contributed by atoms with Crippen LogP contribution in [0.25, 0.3) is 0 Å². The molecule has 4 heteroatoms. The lowest BCUT2D eigenvalue weighted by Crippen LogP contribution is -2.32.